The van der Waals surface area contributed by atoms with Crippen LogP contribution >= 0.6 is 0 Å². The first-order chi connectivity index (χ1) is 45.2. The molecule has 0 amide bonds. The molecule has 96 heavy (non-hydrogen) atoms. The number of hydrogen-bond donors (Lipinski definition) is 0. The summed E-state index contributed by atoms with van der Waals surface area (Å²) >= 11 is 0. The van der Waals surface area contributed by atoms with Gasteiger partial charge in [-0.3, -0.25) is 0 Å². The molecule has 0 aromatic heterocycles. The molecule has 0 heterocycles. The fourth-order valence-electron chi connectivity index (χ4n) is 14.2. The lowest BCUT2D eigenvalue weighted by atomic mass is 10.1. The van der Waals surface area contributed by atoms with Crippen molar-refractivity contribution in [1.29, 1.82) is 0 Å². The lowest BCUT2D eigenvalue weighted by molar-refractivity contribution is 0.142. The van der Waals surface area contributed by atoms with E-state index in [0.29, 0.717) is 0 Å². The monoisotopic (exact) mass is 1520 g/mol. The van der Waals surface area contributed by atoms with Crippen molar-refractivity contribution in [2.24, 2.45) is 0 Å². The van der Waals surface area contributed by atoms with Gasteiger partial charge in [-0.1, -0.05) is 350 Å². The first-order valence-electron chi connectivity index (χ1n) is 42.8. The fourth-order valence-corrected chi connectivity index (χ4v) is 54.5. The average Bonchev–Trinajstić information content (AvgIpc) is 0.792. The first-order valence-corrected chi connectivity index (χ1v) is 71.0. The van der Waals surface area contributed by atoms with Gasteiger partial charge in [-0.05, 0) is 153 Å². The summed E-state index contributed by atoms with van der Waals surface area (Å²) in [6.07, 6.45) is 62.9. The molecule has 0 aliphatic carbocycles. The Kier molecular flexibility index (Phi) is 57.3. The lowest BCUT2D eigenvalue weighted by Crippen LogP contribution is -2.66. The Bertz CT molecular complexity index is 1490. The highest BCUT2D eigenvalue weighted by Gasteiger charge is 2.60. The third-order valence-corrected chi connectivity index (χ3v) is 58.5. The third-order valence-electron chi connectivity index (χ3n) is 20.3. The molecule has 0 aliphatic rings. The molecule has 8 nitrogen and oxygen atoms in total. The van der Waals surface area contributed by atoms with Crippen LogP contribution in [0.3, 0.4) is 0 Å². The van der Waals surface area contributed by atoms with Gasteiger partial charge in [-0.15, -0.1) is 0 Å². The van der Waals surface area contributed by atoms with Gasteiger partial charge in [-0.25, -0.2) is 0 Å². The summed E-state index contributed by atoms with van der Waals surface area (Å²) in [6.45, 7) is 53.5. The van der Waals surface area contributed by atoms with Gasteiger partial charge in [0.25, 0.3) is 0 Å². The third kappa shape index (κ3) is 57.1. The van der Waals surface area contributed by atoms with Crippen molar-refractivity contribution in [3.05, 3.63) is 0 Å². The number of unbranched alkanes of at least 4 members (excludes halogenated alkanes) is 41. The summed E-state index contributed by atoms with van der Waals surface area (Å²) in [4.78, 5) is 0. The molecule has 0 bridgehead atoms. The molecular formula is C78H178O8Si10. The molecule has 0 radical (unpaired) electrons. The van der Waals surface area contributed by atoms with Crippen LogP contribution < -0.4 is 0 Å². The van der Waals surface area contributed by atoms with Gasteiger partial charge in [0.2, 0.25) is 0 Å². The predicted molar refractivity (Wildman–Crippen MR) is 454 cm³/mol. The van der Waals surface area contributed by atoms with Crippen molar-refractivity contribution in [3.63, 3.8) is 0 Å². The zero-order valence-corrected chi connectivity index (χ0v) is 79.9. The van der Waals surface area contributed by atoms with Crippen LogP contribution in [-0.4, -0.2) is 84.6 Å². The molecule has 0 saturated heterocycles. The molecule has 0 rings (SSSR count). The Balaban J connectivity index is 6.80. The van der Waals surface area contributed by atoms with E-state index in [-0.39, 0.29) is 0 Å². The molecule has 578 valence electrons. The minimum atomic E-state index is -3.58. The van der Waals surface area contributed by atoms with Crippen LogP contribution in [0.4, 0.5) is 0 Å². The summed E-state index contributed by atoms with van der Waals surface area (Å²) in [6, 6.07) is 9.12. The van der Waals surface area contributed by atoms with Gasteiger partial charge in [0, 0.05) is 0 Å². The smallest absolute Gasteiger partial charge is 0.396 e. The van der Waals surface area contributed by atoms with Gasteiger partial charge in [0.1, 0.15) is 0 Å². The van der Waals surface area contributed by atoms with E-state index in [1.54, 1.807) is 0 Å². The molecule has 0 atom stereocenters. The normalized spacial score (nSPS) is 13.7. The van der Waals surface area contributed by atoms with Crippen LogP contribution in [0, 0.1) is 0 Å². The van der Waals surface area contributed by atoms with Gasteiger partial charge in [0.05, 0.1) is 0 Å². The van der Waals surface area contributed by atoms with Crippen molar-refractivity contribution in [3.8, 4) is 0 Å². The van der Waals surface area contributed by atoms with E-state index in [1.807, 2.05) is 0 Å². The fraction of sp³-hybridized carbons (Fsp3) is 1.00. The maximum Gasteiger partial charge on any atom is 0.636 e. The Morgan fingerprint density at radius 2 is 0.208 bits per heavy atom. The molecule has 0 fully saturated rings. The first kappa shape index (κ1) is 97.8. The zero-order chi connectivity index (χ0) is 72.3. The standard InChI is InChI=1S/C78H178O8Si10/c1-23-29-35-41-47-55-63-71-87(7,8)79-95(80-88(9,10)72-64-56-48-42-36-30-24-2,81-89(11,12)73-65-57-49-43-37-31-25-3)85-93(19,20)77-69-61-53-54-62-70-78-94(21,22)86-96(82-90(13,14)74-66-58-50-44-38-32-26-4,83-91(15,16)75-67-59-51-45-39-33-27-5)84-92(17,18)76-68-60-52-46-40-34-28-6/h23-78H2,1-22H3. The molecule has 0 saturated carbocycles. The Morgan fingerprint density at radius 1 is 0.125 bits per heavy atom. The minimum absolute atomic E-state index is 1.12. The van der Waals surface area contributed by atoms with E-state index >= 15 is 0 Å². The van der Waals surface area contributed by atoms with Crippen molar-refractivity contribution in [2.45, 2.75) is 503 Å². The molecule has 18 heteroatoms. The second-order valence-corrected chi connectivity index (χ2v) is 76.4. The maximum absolute atomic E-state index is 7.87. The molecule has 0 aliphatic heterocycles. The van der Waals surface area contributed by atoms with Gasteiger partial charge in [0.15, 0.2) is 66.5 Å². The number of hydrogen-bond acceptors (Lipinski definition) is 8. The van der Waals surface area contributed by atoms with E-state index in [0.717, 1.165) is 48.4 Å². The molecule has 0 spiro atoms. The lowest BCUT2D eigenvalue weighted by Gasteiger charge is -2.46. The number of rotatable bonds is 73. The van der Waals surface area contributed by atoms with Gasteiger partial charge >= 0.3 is 18.1 Å². The van der Waals surface area contributed by atoms with Crippen molar-refractivity contribution >= 4 is 84.6 Å². The Morgan fingerprint density at radius 3 is 0.302 bits per heavy atom. The topological polar surface area (TPSA) is 73.8 Å². The van der Waals surface area contributed by atoms with Crippen molar-refractivity contribution < 1.29 is 32.9 Å². The van der Waals surface area contributed by atoms with E-state index < -0.39 is 84.6 Å². The molecule has 0 N–H and O–H groups in total. The summed E-state index contributed by atoms with van der Waals surface area (Å²) in [5, 5.41) is 0. The second-order valence-electron chi connectivity index (χ2n) is 35.7. The van der Waals surface area contributed by atoms with E-state index in [2.05, 4.69) is 146 Å². The minimum Gasteiger partial charge on any atom is -0.396 e. The van der Waals surface area contributed by atoms with E-state index in [1.165, 1.54) is 308 Å². The SMILES string of the molecule is CCCCCCCCC[Si](C)(C)O[Si](O[Si](C)(C)CCCCCCCCC)(O[Si](C)(C)CCCCCCCCC)O[Si](C)(C)CCCCCCCC[Si](C)(C)O[Si](O[Si](C)(C)CCCCCCCCC)(O[Si](C)(C)CCCCCCCCC)O[Si](C)(C)CCCCCCCCC. The van der Waals surface area contributed by atoms with Crippen molar-refractivity contribution in [2.75, 3.05) is 0 Å². The van der Waals surface area contributed by atoms with E-state index in [9.17, 15) is 0 Å². The van der Waals surface area contributed by atoms with E-state index in [4.69, 9.17) is 32.9 Å². The maximum atomic E-state index is 7.87. The Labute approximate surface area is 616 Å². The summed E-state index contributed by atoms with van der Waals surface area (Å²) in [7, 11) is -25.2. The molecular weight excluding hydrogens is 1350 g/mol. The largest absolute Gasteiger partial charge is 0.636 e. The quantitative estimate of drug-likeness (QED) is 0.0441. The van der Waals surface area contributed by atoms with Crippen LogP contribution in [0.5, 0.6) is 0 Å². The summed E-state index contributed by atoms with van der Waals surface area (Å²) < 4.78 is 62.6. The highest BCUT2D eigenvalue weighted by molar-refractivity contribution is 6.93. The van der Waals surface area contributed by atoms with Crippen molar-refractivity contribution in [1.82, 2.24) is 0 Å². The summed E-state index contributed by atoms with van der Waals surface area (Å²) in [5.41, 5.74) is 0. The van der Waals surface area contributed by atoms with Crippen LogP contribution in [-0.2, 0) is 32.9 Å². The van der Waals surface area contributed by atoms with Gasteiger partial charge in [-0.2, -0.15) is 0 Å². The Hall–Kier alpha value is 1.85. The molecule has 0 aromatic carbocycles. The summed E-state index contributed by atoms with van der Waals surface area (Å²) in [5.74, 6) is 0. The van der Waals surface area contributed by atoms with Crippen LogP contribution in [0.1, 0.15) is 350 Å². The highest BCUT2D eigenvalue weighted by Crippen LogP contribution is 2.39. The second kappa shape index (κ2) is 56.2. The van der Waals surface area contributed by atoms with Crippen LogP contribution in [0.15, 0.2) is 0 Å². The molecule has 0 aromatic rings. The molecule has 0 unspecified atom stereocenters. The van der Waals surface area contributed by atoms with Gasteiger partial charge < -0.3 is 32.9 Å². The van der Waals surface area contributed by atoms with Crippen LogP contribution in [0.2, 0.25) is 153 Å². The predicted octanol–water partition coefficient (Wildman–Crippen LogP) is 30.5. The highest BCUT2D eigenvalue weighted by atomic mass is 28.6. The average molecular weight is 1530 g/mol. The van der Waals surface area contributed by atoms with Crippen LogP contribution in [0.25, 0.3) is 0 Å². The zero-order valence-electron chi connectivity index (χ0n) is 69.9.